The number of aromatic nitrogens is 3. The maximum absolute atomic E-state index is 16.1. The minimum absolute atomic E-state index is 0.199. The number of hydrogen-bond acceptors (Lipinski definition) is 13. The molecule has 4 amide bonds. The zero-order valence-electron chi connectivity index (χ0n) is 45.3. The lowest BCUT2D eigenvalue weighted by Gasteiger charge is -2.44. The van der Waals surface area contributed by atoms with Crippen molar-refractivity contribution in [2.24, 2.45) is 10.8 Å². The summed E-state index contributed by atoms with van der Waals surface area (Å²) >= 11 is 0. The summed E-state index contributed by atoms with van der Waals surface area (Å²) < 4.78 is 161. The van der Waals surface area contributed by atoms with E-state index in [1.165, 1.54) is 12.1 Å². The molecule has 18 nitrogen and oxygen atoms in total. The second-order valence-electron chi connectivity index (χ2n) is 21.3. The van der Waals surface area contributed by atoms with Crippen LogP contribution < -0.4 is 26.3 Å². The van der Waals surface area contributed by atoms with E-state index in [2.05, 4.69) is 46.5 Å². The van der Waals surface area contributed by atoms with Crippen LogP contribution >= 0.6 is 0 Å². The van der Waals surface area contributed by atoms with Crippen LogP contribution in [0, 0.1) is 34.3 Å². The molecule has 3 aliphatic rings. The van der Waals surface area contributed by atoms with Gasteiger partial charge in [-0.3, -0.25) is 19.9 Å². The van der Waals surface area contributed by atoms with E-state index >= 15 is 8.78 Å². The number of pyridine rings is 1. The normalized spacial score (nSPS) is 19.2. The number of carbonyl (C=O) groups is 4. The predicted octanol–water partition coefficient (Wildman–Crippen LogP) is 7.01. The average molecular weight is 1170 g/mol. The number of benzene rings is 2. The maximum atomic E-state index is 16.1. The van der Waals surface area contributed by atoms with Crippen molar-refractivity contribution < 1.29 is 82.4 Å². The highest BCUT2D eigenvalue weighted by molar-refractivity contribution is 5.87. The molecule has 0 aliphatic carbocycles. The number of hydrogen-bond donors (Lipinski definition) is 5. The van der Waals surface area contributed by atoms with Crippen LogP contribution in [0.3, 0.4) is 0 Å². The van der Waals surface area contributed by atoms with E-state index in [1.54, 1.807) is 23.6 Å². The largest absolute Gasteiger partial charge is 0.453 e. The molecule has 3 aliphatic heterocycles. The van der Waals surface area contributed by atoms with Crippen molar-refractivity contribution in [3.8, 4) is 23.1 Å². The molecule has 2 aromatic heterocycles. The Balaban J connectivity index is 1.18. The lowest BCUT2D eigenvalue weighted by molar-refractivity contribution is -0.221. The van der Waals surface area contributed by atoms with E-state index in [9.17, 15) is 59.4 Å². The number of aliphatic hydroxyl groups is 1. The summed E-state index contributed by atoms with van der Waals surface area (Å²) in [5.41, 5.74) is -4.41. The zero-order valence-corrected chi connectivity index (χ0v) is 45.3. The van der Waals surface area contributed by atoms with Crippen LogP contribution in [-0.2, 0) is 36.8 Å². The number of halogens is 10. The zero-order chi connectivity index (χ0) is 60.1. The first-order chi connectivity index (χ1) is 38.5. The quantitative estimate of drug-likeness (QED) is 0.0365. The van der Waals surface area contributed by atoms with Crippen LogP contribution in [0.1, 0.15) is 75.8 Å². The summed E-state index contributed by atoms with van der Waals surface area (Å²) in [4.78, 5) is 62.5. The molecule has 82 heavy (non-hydrogen) atoms. The molecule has 7 rings (SSSR count). The van der Waals surface area contributed by atoms with Crippen molar-refractivity contribution in [2.45, 2.75) is 121 Å². The Hall–Kier alpha value is -7.22. The highest BCUT2D eigenvalue weighted by Gasteiger charge is 2.57. The van der Waals surface area contributed by atoms with E-state index in [1.807, 2.05) is 22.9 Å². The number of fused-ring (bicyclic) bond motifs is 2. The lowest BCUT2D eigenvalue weighted by atomic mass is 9.82. The summed E-state index contributed by atoms with van der Waals surface area (Å²) in [5.74, 6) is 0.802. The molecule has 2 aromatic carbocycles. The standard InChI is InChI=1S/C54H62F10N10O8/c1-51(2,53(59,60)61)44(67-49(78)80-5)46(76)66-41(21-31-10-7-30(8-11-31)9-12-32-13-16-43(65-24-32)71-25-34-14-15-35(26-71)74(34)36-18-20-82-29-36)42(75)28-72(70-47(77)45(68-50(79)81-6)52(3,4)54(62,63)64)27-37-38(55)22-33(23-39(37)56)40-17-19-73(69-40)48(57)58/h7-8,10-11,13,16-17,19,22-24,34-36,41-42,44-45,48,75H,14-15,18,20-21,25-29H2,1-6H3,(H,66,76)(H,67,78)(H,68,79)(H,70,77)/t34?,35?,36-,41+,42+,44-,45-/m1/s1. The summed E-state index contributed by atoms with van der Waals surface area (Å²) in [5, 5.41) is 22.1. The molecule has 5 heterocycles. The van der Waals surface area contributed by atoms with Crippen LogP contribution in [0.2, 0.25) is 0 Å². The minimum Gasteiger partial charge on any atom is -0.453 e. The van der Waals surface area contributed by atoms with Gasteiger partial charge in [0, 0.05) is 85.6 Å². The van der Waals surface area contributed by atoms with E-state index in [-0.39, 0.29) is 21.5 Å². The van der Waals surface area contributed by atoms with Gasteiger partial charge in [-0.2, -0.15) is 40.2 Å². The van der Waals surface area contributed by atoms with Crippen molar-refractivity contribution >= 4 is 29.8 Å². The Morgan fingerprint density at radius 3 is 1.84 bits per heavy atom. The van der Waals surface area contributed by atoms with E-state index in [4.69, 9.17) is 4.74 Å². The first kappa shape index (κ1) is 62.4. The molecule has 3 fully saturated rings. The summed E-state index contributed by atoms with van der Waals surface area (Å²) in [6, 6.07) is 6.61. The summed E-state index contributed by atoms with van der Waals surface area (Å²) in [7, 11) is 1.61. The van der Waals surface area contributed by atoms with Gasteiger partial charge in [0.15, 0.2) is 0 Å². The third-order valence-corrected chi connectivity index (χ3v) is 15.1. The van der Waals surface area contributed by atoms with Crippen molar-refractivity contribution in [2.75, 3.05) is 52.0 Å². The van der Waals surface area contributed by atoms with Gasteiger partial charge in [-0.1, -0.05) is 24.0 Å². The van der Waals surface area contributed by atoms with Gasteiger partial charge in [0.05, 0.1) is 49.5 Å². The monoisotopic (exact) mass is 1170 g/mol. The third-order valence-electron chi connectivity index (χ3n) is 15.1. The molecular formula is C54H62F10N10O8. The Morgan fingerprint density at radius 1 is 0.780 bits per heavy atom. The topological polar surface area (TPSA) is 205 Å². The molecule has 0 radical (unpaired) electrons. The van der Waals surface area contributed by atoms with Crippen LogP contribution in [0.4, 0.5) is 59.3 Å². The average Bonchev–Trinajstić information content (AvgIpc) is 3.42. The number of hydrazine groups is 1. The number of alkyl carbamates (subject to hydrolysis) is 2. The van der Waals surface area contributed by atoms with Crippen molar-refractivity contribution in [3.63, 3.8) is 0 Å². The van der Waals surface area contributed by atoms with Crippen molar-refractivity contribution in [1.82, 2.24) is 46.0 Å². The Morgan fingerprint density at radius 2 is 1.34 bits per heavy atom. The Labute approximate surface area is 465 Å². The highest BCUT2D eigenvalue weighted by atomic mass is 19.4. The third kappa shape index (κ3) is 14.5. The molecule has 446 valence electrons. The van der Waals surface area contributed by atoms with Crippen LogP contribution in [-0.4, -0.2) is 156 Å². The second-order valence-corrected chi connectivity index (χ2v) is 21.3. The molecular weight excluding hydrogens is 1110 g/mol. The minimum atomic E-state index is -5.23. The fraction of sp³-hybridized carbons (Fsp3) is 0.519. The smallest absolute Gasteiger partial charge is 0.407 e. The van der Waals surface area contributed by atoms with Gasteiger partial charge in [-0.05, 0) is 101 Å². The van der Waals surface area contributed by atoms with Crippen LogP contribution in [0.25, 0.3) is 11.3 Å². The number of rotatable bonds is 19. The molecule has 7 atom stereocenters. The first-order valence-corrected chi connectivity index (χ1v) is 25.9. The molecule has 5 N–H and O–H groups in total. The van der Waals surface area contributed by atoms with Crippen LogP contribution in [0.15, 0.2) is 67.0 Å². The number of ether oxygens (including phenoxy) is 3. The second kappa shape index (κ2) is 25.5. The SMILES string of the molecule is COC(=O)N[C@H](C(=O)N[C@@H](Cc1ccc(C#Cc2ccc(N3CC4CCC(C3)N4[C@@H]3CCOC3)nc2)cc1)[C@@H](O)CN(Cc1c(F)cc(-c2ccn(C(F)F)n2)cc1F)NC(=O)[C@@H](NC(=O)OC)C(C)(C)C(F)(F)F)C(C)(C)C(F)(F)F. The molecule has 4 aromatic rings. The fourth-order valence-electron chi connectivity index (χ4n) is 10.0. The number of anilines is 1. The lowest BCUT2D eigenvalue weighted by Crippen LogP contribution is -2.63. The summed E-state index contributed by atoms with van der Waals surface area (Å²) in [6.07, 6.45) is -10.3. The van der Waals surface area contributed by atoms with E-state index in [0.717, 1.165) is 77.9 Å². The molecule has 0 saturated carbocycles. The predicted molar refractivity (Wildman–Crippen MR) is 274 cm³/mol. The van der Waals surface area contributed by atoms with Gasteiger partial charge in [-0.15, -0.1) is 0 Å². The first-order valence-electron chi connectivity index (χ1n) is 25.9. The number of nitrogens with zero attached hydrogens (tertiary/aromatic N) is 6. The number of carbonyl (C=O) groups excluding carboxylic acids is 4. The van der Waals surface area contributed by atoms with Crippen LogP contribution in [0.5, 0.6) is 0 Å². The number of aliphatic hydroxyl groups excluding tert-OH is 1. The highest BCUT2D eigenvalue weighted by Crippen LogP contribution is 2.42. The van der Waals surface area contributed by atoms with Gasteiger partial charge >= 0.3 is 31.1 Å². The van der Waals surface area contributed by atoms with Gasteiger partial charge in [0.2, 0.25) is 5.91 Å². The van der Waals surface area contributed by atoms with Crippen molar-refractivity contribution in [3.05, 3.63) is 101 Å². The Bertz CT molecular complexity index is 2930. The maximum Gasteiger partial charge on any atom is 0.407 e. The fourth-order valence-corrected chi connectivity index (χ4v) is 10.0. The van der Waals surface area contributed by atoms with Gasteiger partial charge in [0.25, 0.3) is 5.91 Å². The Kier molecular flexibility index (Phi) is 19.4. The van der Waals surface area contributed by atoms with Gasteiger partial charge in [0.1, 0.15) is 29.5 Å². The van der Waals surface area contributed by atoms with E-state index in [0.29, 0.717) is 74.1 Å². The van der Waals surface area contributed by atoms with Gasteiger partial charge in [-0.25, -0.2) is 33.0 Å². The molecule has 3 saturated heterocycles. The summed E-state index contributed by atoms with van der Waals surface area (Å²) in [6.45, 7) is 0.0677. The number of amides is 4. The number of methoxy groups -OCH3 is 2. The molecule has 0 spiro atoms. The number of piperazine rings is 1. The van der Waals surface area contributed by atoms with Crippen molar-refractivity contribution in [1.29, 1.82) is 0 Å². The van der Waals surface area contributed by atoms with Gasteiger partial charge < -0.3 is 40.2 Å². The van der Waals surface area contributed by atoms with E-state index < -0.39 is 115 Å². The molecule has 28 heteroatoms. The number of nitrogens with one attached hydrogen (secondary N) is 4. The number of alkyl halides is 8. The molecule has 2 bridgehead atoms. The molecule has 2 unspecified atom stereocenters.